The zero-order valence-corrected chi connectivity index (χ0v) is 10.1. The molecule has 19 heavy (non-hydrogen) atoms. The lowest BCUT2D eigenvalue weighted by atomic mass is 10.2. The number of anilines is 2. The van der Waals surface area contributed by atoms with E-state index >= 15 is 0 Å². The van der Waals surface area contributed by atoms with Gasteiger partial charge in [-0.2, -0.15) is 10.5 Å². The average Bonchev–Trinajstić information content (AvgIpc) is 2.86. The summed E-state index contributed by atoms with van der Waals surface area (Å²) in [5, 5.41) is 22.9. The number of hydrogen-bond acceptors (Lipinski definition) is 4. The predicted molar refractivity (Wildman–Crippen MR) is 70.1 cm³/mol. The first-order valence-corrected chi connectivity index (χ1v) is 5.67. The second-order valence-electron chi connectivity index (χ2n) is 3.83. The van der Waals surface area contributed by atoms with Crippen molar-refractivity contribution in [1.29, 1.82) is 10.5 Å². The molecule has 0 atom stereocenters. The lowest BCUT2D eigenvalue weighted by Crippen LogP contribution is -2.28. The second kappa shape index (κ2) is 5.56. The molecule has 1 saturated heterocycles. The van der Waals surface area contributed by atoms with Crippen LogP contribution in [0.1, 0.15) is 0 Å². The van der Waals surface area contributed by atoms with Gasteiger partial charge in [0.05, 0.1) is 11.4 Å². The first-order chi connectivity index (χ1) is 9.26. The van der Waals surface area contributed by atoms with Gasteiger partial charge in [-0.1, -0.05) is 12.1 Å². The molecule has 1 aliphatic heterocycles. The number of allylic oxidation sites excluding steroid dienone is 1. The van der Waals surface area contributed by atoms with Crippen LogP contribution in [-0.2, 0) is 0 Å². The summed E-state index contributed by atoms with van der Waals surface area (Å²) in [5.74, 6) is 0. The van der Waals surface area contributed by atoms with Gasteiger partial charge in [0.1, 0.15) is 17.7 Å². The van der Waals surface area contributed by atoms with Crippen molar-refractivity contribution in [3.8, 4) is 12.1 Å². The minimum atomic E-state index is -0.154. The van der Waals surface area contributed by atoms with Crippen molar-refractivity contribution in [2.45, 2.75) is 0 Å². The zero-order chi connectivity index (χ0) is 13.7. The number of carbonyl (C=O) groups is 1. The third-order valence-corrected chi connectivity index (χ3v) is 2.66. The van der Waals surface area contributed by atoms with Crippen molar-refractivity contribution in [1.82, 2.24) is 5.32 Å². The van der Waals surface area contributed by atoms with Gasteiger partial charge >= 0.3 is 6.03 Å². The van der Waals surface area contributed by atoms with Crippen molar-refractivity contribution < 1.29 is 4.79 Å². The van der Waals surface area contributed by atoms with Crippen molar-refractivity contribution >= 4 is 17.4 Å². The largest absolute Gasteiger partial charge is 0.358 e. The van der Waals surface area contributed by atoms with E-state index in [0.29, 0.717) is 24.5 Å². The number of nitriles is 2. The molecule has 2 N–H and O–H groups in total. The number of para-hydroxylation sites is 2. The number of rotatable bonds is 3. The van der Waals surface area contributed by atoms with Crippen molar-refractivity contribution in [2.24, 2.45) is 0 Å². The van der Waals surface area contributed by atoms with Gasteiger partial charge in [0.15, 0.2) is 0 Å². The number of benzene rings is 1. The summed E-state index contributed by atoms with van der Waals surface area (Å²) in [6, 6.07) is 10.6. The number of urea groups is 1. The molecule has 6 nitrogen and oxygen atoms in total. The van der Waals surface area contributed by atoms with Crippen molar-refractivity contribution in [3.05, 3.63) is 36.0 Å². The highest BCUT2D eigenvalue weighted by molar-refractivity contribution is 5.97. The highest BCUT2D eigenvalue weighted by Crippen LogP contribution is 2.26. The van der Waals surface area contributed by atoms with Gasteiger partial charge in [-0.15, -0.1) is 0 Å². The smallest absolute Gasteiger partial charge is 0.322 e. The van der Waals surface area contributed by atoms with Crippen LogP contribution < -0.4 is 15.5 Å². The summed E-state index contributed by atoms with van der Waals surface area (Å²) in [6.45, 7) is 1.19. The second-order valence-corrected chi connectivity index (χ2v) is 3.83. The van der Waals surface area contributed by atoms with E-state index in [1.807, 2.05) is 12.1 Å². The van der Waals surface area contributed by atoms with Crippen LogP contribution in [-0.4, -0.2) is 19.1 Å². The van der Waals surface area contributed by atoms with E-state index in [1.165, 1.54) is 6.20 Å². The van der Waals surface area contributed by atoms with Gasteiger partial charge in [-0.3, -0.25) is 4.90 Å². The molecule has 1 heterocycles. The molecule has 0 spiro atoms. The van der Waals surface area contributed by atoms with Gasteiger partial charge in [0.25, 0.3) is 0 Å². The van der Waals surface area contributed by atoms with E-state index < -0.39 is 0 Å². The molecule has 1 aromatic carbocycles. The quantitative estimate of drug-likeness (QED) is 0.799. The van der Waals surface area contributed by atoms with Crippen LogP contribution in [0.2, 0.25) is 0 Å². The first-order valence-electron chi connectivity index (χ1n) is 5.67. The minimum Gasteiger partial charge on any atom is -0.358 e. The van der Waals surface area contributed by atoms with Crippen LogP contribution in [0.3, 0.4) is 0 Å². The Hall–Kier alpha value is -2.99. The number of carbonyl (C=O) groups excluding carboxylic acids is 1. The predicted octanol–water partition coefficient (Wildman–Crippen LogP) is 1.56. The van der Waals surface area contributed by atoms with Gasteiger partial charge < -0.3 is 10.6 Å². The van der Waals surface area contributed by atoms with E-state index in [9.17, 15) is 4.79 Å². The van der Waals surface area contributed by atoms with Gasteiger partial charge in [0.2, 0.25) is 0 Å². The summed E-state index contributed by atoms with van der Waals surface area (Å²) in [5.41, 5.74) is 1.35. The van der Waals surface area contributed by atoms with Gasteiger partial charge in [-0.25, -0.2) is 4.79 Å². The highest BCUT2D eigenvalue weighted by Gasteiger charge is 2.22. The maximum absolute atomic E-state index is 11.6. The number of hydrogen-bond donors (Lipinski definition) is 2. The molecule has 0 radical (unpaired) electrons. The van der Waals surface area contributed by atoms with E-state index in [1.54, 1.807) is 29.2 Å². The molecular formula is C13H11N5O. The molecule has 1 fully saturated rings. The Morgan fingerprint density at radius 2 is 2.11 bits per heavy atom. The summed E-state index contributed by atoms with van der Waals surface area (Å²) < 4.78 is 0. The van der Waals surface area contributed by atoms with E-state index in [2.05, 4.69) is 10.6 Å². The number of nitrogens with zero attached hydrogens (tertiary/aromatic N) is 3. The molecule has 2 amide bonds. The first kappa shape index (κ1) is 12.5. The van der Waals surface area contributed by atoms with Crippen LogP contribution in [0.15, 0.2) is 36.0 Å². The molecule has 0 saturated carbocycles. The summed E-state index contributed by atoms with van der Waals surface area (Å²) in [7, 11) is 0. The molecule has 0 aromatic heterocycles. The highest BCUT2D eigenvalue weighted by atomic mass is 16.2. The van der Waals surface area contributed by atoms with E-state index in [0.717, 1.165) is 0 Å². The van der Waals surface area contributed by atoms with Crippen LogP contribution in [0.4, 0.5) is 16.2 Å². The Morgan fingerprint density at radius 1 is 1.37 bits per heavy atom. The Morgan fingerprint density at radius 3 is 2.74 bits per heavy atom. The van der Waals surface area contributed by atoms with Crippen LogP contribution in [0, 0.1) is 22.7 Å². The fourth-order valence-corrected chi connectivity index (χ4v) is 1.77. The Kier molecular flexibility index (Phi) is 3.65. The average molecular weight is 253 g/mol. The molecule has 2 rings (SSSR count). The Bertz CT molecular complexity index is 592. The van der Waals surface area contributed by atoms with Crippen LogP contribution in [0.25, 0.3) is 0 Å². The lowest BCUT2D eigenvalue weighted by Gasteiger charge is -2.18. The fourth-order valence-electron chi connectivity index (χ4n) is 1.77. The third kappa shape index (κ3) is 2.64. The third-order valence-electron chi connectivity index (χ3n) is 2.66. The van der Waals surface area contributed by atoms with Crippen LogP contribution >= 0.6 is 0 Å². The molecule has 94 valence electrons. The number of nitrogens with one attached hydrogen (secondary N) is 2. The molecule has 0 aliphatic carbocycles. The normalized spacial score (nSPS) is 13.2. The minimum absolute atomic E-state index is 0.0272. The maximum atomic E-state index is 11.6. The fraction of sp³-hybridized carbons (Fsp3) is 0.154. The SMILES string of the molecule is N#CC(C#N)=CNc1ccccc1N1CCNC1=O. The molecule has 1 aliphatic rings. The molecule has 1 aromatic rings. The van der Waals surface area contributed by atoms with Crippen molar-refractivity contribution in [3.63, 3.8) is 0 Å². The maximum Gasteiger partial charge on any atom is 0.322 e. The Balaban J connectivity index is 2.27. The molecular weight excluding hydrogens is 242 g/mol. The van der Waals surface area contributed by atoms with E-state index in [4.69, 9.17) is 10.5 Å². The van der Waals surface area contributed by atoms with Crippen molar-refractivity contribution in [2.75, 3.05) is 23.3 Å². The summed E-state index contributed by atoms with van der Waals surface area (Å²) >= 11 is 0. The van der Waals surface area contributed by atoms with Gasteiger partial charge in [0, 0.05) is 19.3 Å². The molecule has 6 heteroatoms. The standard InChI is InChI=1S/C13H11N5O/c14-7-10(8-15)9-17-11-3-1-2-4-12(11)18-6-5-16-13(18)19/h1-4,9,17H,5-6H2,(H,16,19). The van der Waals surface area contributed by atoms with Crippen LogP contribution in [0.5, 0.6) is 0 Å². The lowest BCUT2D eigenvalue weighted by molar-refractivity contribution is 0.252. The molecule has 0 unspecified atom stereocenters. The topological polar surface area (TPSA) is 91.9 Å². The number of amides is 2. The van der Waals surface area contributed by atoms with Gasteiger partial charge in [-0.05, 0) is 12.1 Å². The summed E-state index contributed by atoms with van der Waals surface area (Å²) in [4.78, 5) is 13.3. The molecule has 0 bridgehead atoms. The van der Waals surface area contributed by atoms with E-state index in [-0.39, 0.29) is 11.6 Å². The monoisotopic (exact) mass is 253 g/mol. The Labute approximate surface area is 110 Å². The zero-order valence-electron chi connectivity index (χ0n) is 10.1. The summed E-state index contributed by atoms with van der Waals surface area (Å²) in [6.07, 6.45) is 1.33.